The highest BCUT2D eigenvalue weighted by Crippen LogP contribution is 2.44. The Labute approximate surface area is 176 Å². The summed E-state index contributed by atoms with van der Waals surface area (Å²) in [5.41, 5.74) is 1.56. The van der Waals surface area contributed by atoms with E-state index in [1.807, 2.05) is 23.2 Å². The lowest BCUT2D eigenvalue weighted by atomic mass is 10.1. The van der Waals surface area contributed by atoms with Crippen LogP contribution in [0.4, 0.5) is 23.3 Å². The van der Waals surface area contributed by atoms with Crippen LogP contribution in [0.2, 0.25) is 0 Å². The van der Waals surface area contributed by atoms with Crippen molar-refractivity contribution in [1.29, 1.82) is 0 Å². The standard InChI is InChI=1S/C21H28N8O/c1-2-29-12-11-28(15-21(29)6-7-21)16-3-4-17(24-13-16)25-20-23-8-5-18(26-20)27-10-9-22-19(30)14-27/h3-5,8,13H,2,6-7,9-12,14-15H2,1H3,(H,22,30)(H,23,24,25,26). The molecule has 0 atom stereocenters. The molecule has 0 bridgehead atoms. The first-order valence-electron chi connectivity index (χ1n) is 10.7. The van der Waals surface area contributed by atoms with Crippen LogP contribution in [0.3, 0.4) is 0 Å². The van der Waals surface area contributed by atoms with Crippen LogP contribution in [0.1, 0.15) is 19.8 Å². The molecule has 2 aromatic rings. The van der Waals surface area contributed by atoms with Gasteiger partial charge in [-0.05, 0) is 37.6 Å². The molecule has 3 fully saturated rings. The van der Waals surface area contributed by atoms with Crippen LogP contribution < -0.4 is 20.4 Å². The molecule has 158 valence electrons. The van der Waals surface area contributed by atoms with E-state index in [4.69, 9.17) is 0 Å². The Morgan fingerprint density at radius 3 is 2.77 bits per heavy atom. The lowest BCUT2D eigenvalue weighted by Gasteiger charge is -2.42. The van der Waals surface area contributed by atoms with E-state index in [1.165, 1.54) is 12.8 Å². The van der Waals surface area contributed by atoms with E-state index < -0.39 is 0 Å². The van der Waals surface area contributed by atoms with Crippen LogP contribution in [-0.2, 0) is 4.79 Å². The summed E-state index contributed by atoms with van der Waals surface area (Å²) in [6, 6.07) is 5.92. The molecule has 1 amide bonds. The van der Waals surface area contributed by atoms with Gasteiger partial charge in [0.25, 0.3) is 0 Å². The Balaban J connectivity index is 1.25. The fourth-order valence-electron chi connectivity index (χ4n) is 4.53. The molecule has 1 spiro atoms. The van der Waals surface area contributed by atoms with Crippen molar-refractivity contribution in [3.8, 4) is 0 Å². The molecule has 2 aromatic heterocycles. The normalized spacial score (nSPS) is 20.9. The third-order valence-corrected chi connectivity index (χ3v) is 6.36. The molecule has 9 heteroatoms. The van der Waals surface area contributed by atoms with Crippen molar-refractivity contribution in [3.63, 3.8) is 0 Å². The number of pyridine rings is 1. The summed E-state index contributed by atoms with van der Waals surface area (Å²) in [5.74, 6) is 1.94. The first-order chi connectivity index (χ1) is 14.6. The molecule has 4 heterocycles. The molecular formula is C21H28N8O. The predicted molar refractivity (Wildman–Crippen MR) is 116 cm³/mol. The predicted octanol–water partition coefficient (Wildman–Crippen LogP) is 1.23. The maximum absolute atomic E-state index is 11.6. The topological polar surface area (TPSA) is 89.5 Å². The average molecular weight is 409 g/mol. The van der Waals surface area contributed by atoms with Crippen LogP contribution in [0.5, 0.6) is 0 Å². The van der Waals surface area contributed by atoms with Crippen LogP contribution in [0.25, 0.3) is 0 Å². The minimum atomic E-state index is 0.0133. The molecule has 1 aliphatic carbocycles. The Kier molecular flexibility index (Phi) is 4.90. The van der Waals surface area contributed by atoms with Gasteiger partial charge in [-0.25, -0.2) is 9.97 Å². The summed E-state index contributed by atoms with van der Waals surface area (Å²) in [5, 5.41) is 6.01. The summed E-state index contributed by atoms with van der Waals surface area (Å²) in [6.07, 6.45) is 6.24. The molecule has 2 aliphatic heterocycles. The van der Waals surface area contributed by atoms with E-state index in [0.717, 1.165) is 44.2 Å². The number of nitrogens with one attached hydrogen (secondary N) is 2. The van der Waals surface area contributed by atoms with Crippen molar-refractivity contribution in [2.45, 2.75) is 25.3 Å². The van der Waals surface area contributed by atoms with E-state index >= 15 is 0 Å². The summed E-state index contributed by atoms with van der Waals surface area (Å²) in [4.78, 5) is 32.1. The minimum Gasteiger partial charge on any atom is -0.367 e. The van der Waals surface area contributed by atoms with Crippen molar-refractivity contribution in [1.82, 2.24) is 25.2 Å². The molecule has 2 N–H and O–H groups in total. The molecule has 9 nitrogen and oxygen atoms in total. The van der Waals surface area contributed by atoms with Crippen LogP contribution in [0, 0.1) is 0 Å². The SMILES string of the molecule is CCN1CCN(c2ccc(Nc3nccc(N4CCNC(=O)C4)n3)nc2)CC12CC2. The zero-order chi connectivity index (χ0) is 20.6. The molecule has 5 rings (SSSR count). The van der Waals surface area contributed by atoms with Crippen LogP contribution in [-0.4, -0.2) is 77.1 Å². The number of anilines is 4. The van der Waals surface area contributed by atoms with Crippen molar-refractivity contribution in [2.24, 2.45) is 0 Å². The molecule has 0 radical (unpaired) electrons. The number of hydrogen-bond acceptors (Lipinski definition) is 8. The summed E-state index contributed by atoms with van der Waals surface area (Å²) in [7, 11) is 0. The number of rotatable bonds is 5. The highest BCUT2D eigenvalue weighted by molar-refractivity contribution is 5.82. The van der Waals surface area contributed by atoms with Crippen LogP contribution in [0.15, 0.2) is 30.6 Å². The third kappa shape index (κ3) is 3.77. The molecule has 3 aliphatic rings. The van der Waals surface area contributed by atoms with Gasteiger partial charge in [0, 0.05) is 44.5 Å². The van der Waals surface area contributed by atoms with E-state index in [9.17, 15) is 4.79 Å². The lowest BCUT2D eigenvalue weighted by molar-refractivity contribution is -0.120. The second kappa shape index (κ2) is 7.71. The number of piperazine rings is 2. The number of likely N-dealkylation sites (N-methyl/N-ethyl adjacent to an activating group) is 1. The highest BCUT2D eigenvalue weighted by atomic mass is 16.2. The fourth-order valence-corrected chi connectivity index (χ4v) is 4.53. The van der Waals surface area contributed by atoms with Crippen molar-refractivity contribution >= 4 is 29.2 Å². The third-order valence-electron chi connectivity index (χ3n) is 6.36. The van der Waals surface area contributed by atoms with Gasteiger partial charge in [-0.3, -0.25) is 9.69 Å². The smallest absolute Gasteiger partial charge is 0.239 e. The number of nitrogens with zero attached hydrogens (tertiary/aromatic N) is 6. The van der Waals surface area contributed by atoms with Gasteiger partial charge in [-0.15, -0.1) is 0 Å². The molecule has 0 aromatic carbocycles. The minimum absolute atomic E-state index is 0.0133. The van der Waals surface area contributed by atoms with E-state index in [-0.39, 0.29) is 5.91 Å². The van der Waals surface area contributed by atoms with Crippen molar-refractivity contribution in [2.75, 3.05) is 60.9 Å². The second-order valence-electron chi connectivity index (χ2n) is 8.26. The van der Waals surface area contributed by atoms with Gasteiger partial charge in [-0.1, -0.05) is 6.92 Å². The Morgan fingerprint density at radius 1 is 1.13 bits per heavy atom. The fraction of sp³-hybridized carbons (Fsp3) is 0.524. The number of hydrogen-bond donors (Lipinski definition) is 2. The highest BCUT2D eigenvalue weighted by Gasteiger charge is 2.50. The first kappa shape index (κ1) is 19.0. The number of carbonyl (C=O) groups is 1. The van der Waals surface area contributed by atoms with Crippen molar-refractivity contribution < 1.29 is 4.79 Å². The van der Waals surface area contributed by atoms with Gasteiger partial charge < -0.3 is 20.4 Å². The zero-order valence-electron chi connectivity index (χ0n) is 17.3. The lowest BCUT2D eigenvalue weighted by Crippen LogP contribution is -2.54. The largest absolute Gasteiger partial charge is 0.367 e. The molecule has 2 saturated heterocycles. The summed E-state index contributed by atoms with van der Waals surface area (Å²) in [6.45, 7) is 8.32. The number of carbonyl (C=O) groups excluding carboxylic acids is 1. The van der Waals surface area contributed by atoms with Crippen molar-refractivity contribution in [3.05, 3.63) is 30.6 Å². The maximum Gasteiger partial charge on any atom is 0.239 e. The van der Waals surface area contributed by atoms with Gasteiger partial charge in [-0.2, -0.15) is 4.98 Å². The molecule has 30 heavy (non-hydrogen) atoms. The van der Waals surface area contributed by atoms with E-state index in [2.05, 4.69) is 48.4 Å². The van der Waals surface area contributed by atoms with E-state index in [1.54, 1.807) is 6.20 Å². The van der Waals surface area contributed by atoms with Gasteiger partial charge in [0.05, 0.1) is 18.4 Å². The second-order valence-corrected chi connectivity index (χ2v) is 8.26. The zero-order valence-corrected chi connectivity index (χ0v) is 17.3. The molecule has 0 unspecified atom stereocenters. The monoisotopic (exact) mass is 408 g/mol. The molecular weight excluding hydrogens is 380 g/mol. The van der Waals surface area contributed by atoms with Gasteiger partial charge in [0.2, 0.25) is 11.9 Å². The quantitative estimate of drug-likeness (QED) is 0.764. The van der Waals surface area contributed by atoms with Crippen LogP contribution >= 0.6 is 0 Å². The number of aromatic nitrogens is 3. The summed E-state index contributed by atoms with van der Waals surface area (Å²) >= 11 is 0. The Morgan fingerprint density at radius 2 is 2.03 bits per heavy atom. The maximum atomic E-state index is 11.6. The van der Waals surface area contributed by atoms with Gasteiger partial charge in [0.1, 0.15) is 11.6 Å². The summed E-state index contributed by atoms with van der Waals surface area (Å²) < 4.78 is 0. The van der Waals surface area contributed by atoms with Gasteiger partial charge in [0.15, 0.2) is 0 Å². The average Bonchev–Trinajstić information content (AvgIpc) is 3.54. The first-order valence-corrected chi connectivity index (χ1v) is 10.7. The van der Waals surface area contributed by atoms with Gasteiger partial charge >= 0.3 is 0 Å². The number of amides is 1. The Hall–Kier alpha value is -2.94. The van der Waals surface area contributed by atoms with E-state index in [0.29, 0.717) is 30.4 Å². The Bertz CT molecular complexity index is 913. The molecule has 1 saturated carbocycles.